The van der Waals surface area contributed by atoms with E-state index in [4.69, 9.17) is 37.8 Å². The number of methoxy groups -OCH3 is 1. The molecule has 192 valence electrons. The lowest BCUT2D eigenvalue weighted by Crippen LogP contribution is -2.37. The number of rotatable bonds is 8. The Bertz CT molecular complexity index is 1460. The number of halogens is 2. The third kappa shape index (κ3) is 5.32. The third-order valence-corrected chi connectivity index (χ3v) is 6.64. The fraction of sp³-hybridized carbons (Fsp3) is 0.133. The van der Waals surface area contributed by atoms with Crippen LogP contribution in [0.4, 0.5) is 11.4 Å². The van der Waals surface area contributed by atoms with Gasteiger partial charge in [-0.3, -0.25) is 9.69 Å². The minimum atomic E-state index is -0.461. The van der Waals surface area contributed by atoms with Gasteiger partial charge in [-0.05, 0) is 66.2 Å². The van der Waals surface area contributed by atoms with Crippen LogP contribution in [0.2, 0.25) is 10.0 Å². The van der Waals surface area contributed by atoms with Crippen molar-refractivity contribution in [2.24, 2.45) is 5.10 Å². The highest BCUT2D eigenvalue weighted by molar-refractivity contribution is 6.44. The largest absolute Gasteiger partial charge is 0.493 e. The van der Waals surface area contributed by atoms with Crippen LogP contribution in [-0.2, 0) is 11.4 Å². The van der Waals surface area contributed by atoms with E-state index in [1.54, 1.807) is 19.2 Å². The number of Topliss-reactive ketones (excluding diaryl/α,β-unsaturated/α-hetero) is 1. The van der Waals surface area contributed by atoms with E-state index in [-0.39, 0.29) is 5.78 Å². The molecule has 0 spiro atoms. The number of amidine groups is 1. The maximum atomic E-state index is 12.8. The van der Waals surface area contributed by atoms with E-state index in [1.165, 1.54) is 6.92 Å². The Hall–Kier alpha value is -4.00. The number of anilines is 2. The van der Waals surface area contributed by atoms with Gasteiger partial charge in [-0.1, -0.05) is 59.6 Å². The summed E-state index contributed by atoms with van der Waals surface area (Å²) in [6.45, 7) is 1.88. The number of hydrogen-bond donors (Lipinski definition) is 0. The predicted molar refractivity (Wildman–Crippen MR) is 152 cm³/mol. The Balaban J connectivity index is 1.55. The van der Waals surface area contributed by atoms with Crippen molar-refractivity contribution in [3.8, 4) is 11.5 Å². The topological polar surface area (TPSA) is 54.4 Å². The average Bonchev–Trinajstić information content (AvgIpc) is 3.35. The van der Waals surface area contributed by atoms with Gasteiger partial charge in [0, 0.05) is 28.2 Å². The standard InChI is InChI=1S/C30H25Cl2N3O3/c1-20(36)29-33-35(26-15-13-24(32)14-16-26)30(34(29)25-6-4-3-5-7-25)22-10-17-27(28(18-22)37-2)38-19-21-8-11-23(31)12-9-21/h3-18,30H,19H2,1-2H3. The van der Waals surface area contributed by atoms with E-state index in [9.17, 15) is 4.79 Å². The van der Waals surface area contributed by atoms with Crippen molar-refractivity contribution in [2.45, 2.75) is 19.7 Å². The van der Waals surface area contributed by atoms with Gasteiger partial charge < -0.3 is 9.47 Å². The van der Waals surface area contributed by atoms with Crippen molar-refractivity contribution in [3.63, 3.8) is 0 Å². The smallest absolute Gasteiger partial charge is 0.198 e. The Morgan fingerprint density at radius 2 is 1.50 bits per heavy atom. The van der Waals surface area contributed by atoms with E-state index >= 15 is 0 Å². The molecule has 0 bridgehead atoms. The summed E-state index contributed by atoms with van der Waals surface area (Å²) in [5.41, 5.74) is 3.48. The van der Waals surface area contributed by atoms with E-state index in [2.05, 4.69) is 0 Å². The zero-order valence-corrected chi connectivity index (χ0v) is 22.4. The van der Waals surface area contributed by atoms with Crippen LogP contribution in [0.25, 0.3) is 0 Å². The molecule has 0 aromatic heterocycles. The summed E-state index contributed by atoms with van der Waals surface area (Å²) in [6, 6.07) is 30.3. The van der Waals surface area contributed by atoms with Crippen molar-refractivity contribution in [2.75, 3.05) is 17.0 Å². The lowest BCUT2D eigenvalue weighted by Gasteiger charge is -2.32. The molecule has 0 aliphatic carbocycles. The number of carbonyl (C=O) groups is 1. The van der Waals surface area contributed by atoms with Crippen LogP contribution in [0, 0.1) is 0 Å². The average molecular weight is 546 g/mol. The molecule has 4 aromatic rings. The quantitative estimate of drug-likeness (QED) is 0.229. The first-order chi connectivity index (χ1) is 18.4. The number of ether oxygens (including phenoxy) is 2. The first-order valence-corrected chi connectivity index (χ1v) is 12.7. The summed E-state index contributed by atoms with van der Waals surface area (Å²) in [5, 5.41) is 7.88. The van der Waals surface area contributed by atoms with Crippen LogP contribution in [0.3, 0.4) is 0 Å². The van der Waals surface area contributed by atoms with Gasteiger partial charge in [-0.25, -0.2) is 5.01 Å². The molecule has 0 saturated heterocycles. The number of carbonyl (C=O) groups excluding carboxylic acids is 1. The Labute approximate surface area is 231 Å². The summed E-state index contributed by atoms with van der Waals surface area (Å²) in [5.74, 6) is 1.35. The summed E-state index contributed by atoms with van der Waals surface area (Å²) in [4.78, 5) is 14.7. The highest BCUT2D eigenvalue weighted by Crippen LogP contribution is 2.41. The molecule has 6 nitrogen and oxygen atoms in total. The fourth-order valence-corrected chi connectivity index (χ4v) is 4.56. The maximum absolute atomic E-state index is 12.8. The molecule has 0 amide bonds. The zero-order valence-electron chi connectivity index (χ0n) is 20.8. The van der Waals surface area contributed by atoms with E-state index in [0.717, 1.165) is 22.5 Å². The molecule has 1 aliphatic rings. The number of nitrogens with zero attached hydrogens (tertiary/aromatic N) is 3. The Morgan fingerprint density at radius 3 is 2.13 bits per heavy atom. The molecule has 8 heteroatoms. The minimum Gasteiger partial charge on any atom is -0.493 e. The number of ketones is 1. The third-order valence-electron chi connectivity index (χ3n) is 6.14. The van der Waals surface area contributed by atoms with Crippen LogP contribution < -0.4 is 19.4 Å². The van der Waals surface area contributed by atoms with Gasteiger partial charge in [0.2, 0.25) is 0 Å². The summed E-state index contributed by atoms with van der Waals surface area (Å²) < 4.78 is 11.8. The van der Waals surface area contributed by atoms with Gasteiger partial charge in [-0.2, -0.15) is 0 Å². The fourth-order valence-electron chi connectivity index (χ4n) is 4.31. The van der Waals surface area contributed by atoms with Gasteiger partial charge in [0.1, 0.15) is 6.61 Å². The molecule has 1 aliphatic heterocycles. The maximum Gasteiger partial charge on any atom is 0.198 e. The van der Waals surface area contributed by atoms with Gasteiger partial charge in [-0.15, -0.1) is 5.10 Å². The number of benzene rings is 4. The molecule has 0 saturated carbocycles. The second-order valence-electron chi connectivity index (χ2n) is 8.71. The van der Waals surface area contributed by atoms with Crippen molar-refractivity contribution < 1.29 is 14.3 Å². The molecule has 0 fully saturated rings. The normalized spacial score (nSPS) is 14.8. The number of hydrogen-bond acceptors (Lipinski definition) is 6. The SMILES string of the molecule is COc1cc(C2N(c3ccc(Cl)cc3)N=C(C(C)=O)N2c2ccccc2)ccc1OCc1ccc(Cl)cc1. The lowest BCUT2D eigenvalue weighted by atomic mass is 10.1. The molecule has 1 heterocycles. The molecular formula is C30H25Cl2N3O3. The molecule has 0 radical (unpaired) electrons. The molecule has 1 atom stereocenters. The van der Waals surface area contributed by atoms with Gasteiger partial charge in [0.05, 0.1) is 12.8 Å². The second-order valence-corrected chi connectivity index (χ2v) is 9.58. The van der Waals surface area contributed by atoms with Crippen molar-refractivity contribution >= 4 is 46.2 Å². The summed E-state index contributed by atoms with van der Waals surface area (Å²) >= 11 is 12.2. The summed E-state index contributed by atoms with van der Waals surface area (Å²) in [6.07, 6.45) is -0.461. The summed E-state index contributed by atoms with van der Waals surface area (Å²) in [7, 11) is 1.60. The second kappa shape index (κ2) is 11.2. The van der Waals surface area contributed by atoms with E-state index in [0.29, 0.717) is 34.0 Å². The first kappa shape index (κ1) is 25.6. The van der Waals surface area contributed by atoms with Crippen LogP contribution in [0.1, 0.15) is 24.2 Å². The van der Waals surface area contributed by atoms with Crippen molar-refractivity contribution in [1.82, 2.24) is 0 Å². The monoisotopic (exact) mass is 545 g/mol. The predicted octanol–water partition coefficient (Wildman–Crippen LogP) is 7.51. The highest BCUT2D eigenvalue weighted by Gasteiger charge is 2.39. The molecule has 38 heavy (non-hydrogen) atoms. The van der Waals surface area contributed by atoms with Crippen molar-refractivity contribution in [3.05, 3.63) is 118 Å². The van der Waals surface area contributed by atoms with Crippen LogP contribution >= 0.6 is 23.2 Å². The highest BCUT2D eigenvalue weighted by atomic mass is 35.5. The first-order valence-electron chi connectivity index (χ1n) is 12.0. The van der Waals surface area contributed by atoms with E-state index in [1.807, 2.05) is 94.8 Å². The molecule has 4 aromatic carbocycles. The van der Waals surface area contributed by atoms with Crippen molar-refractivity contribution in [1.29, 1.82) is 0 Å². The number of hydrazone groups is 1. The Morgan fingerprint density at radius 1 is 0.842 bits per heavy atom. The molecular weight excluding hydrogens is 521 g/mol. The lowest BCUT2D eigenvalue weighted by molar-refractivity contribution is -0.111. The molecule has 1 unspecified atom stereocenters. The van der Waals surface area contributed by atoms with Crippen LogP contribution in [0.15, 0.2) is 102 Å². The van der Waals surface area contributed by atoms with Gasteiger partial charge in [0.25, 0.3) is 0 Å². The minimum absolute atomic E-state index is 0.148. The van der Waals surface area contributed by atoms with Gasteiger partial charge >= 0.3 is 0 Å². The van der Waals surface area contributed by atoms with Crippen LogP contribution in [-0.4, -0.2) is 18.7 Å². The molecule has 0 N–H and O–H groups in total. The van der Waals surface area contributed by atoms with Gasteiger partial charge in [0.15, 0.2) is 29.3 Å². The molecule has 5 rings (SSSR count). The van der Waals surface area contributed by atoms with E-state index < -0.39 is 6.17 Å². The Kier molecular flexibility index (Phi) is 7.54. The zero-order chi connectivity index (χ0) is 26.6. The van der Waals surface area contributed by atoms with Crippen LogP contribution in [0.5, 0.6) is 11.5 Å². The number of para-hydroxylation sites is 1.